The van der Waals surface area contributed by atoms with Gasteiger partial charge in [-0.15, -0.1) is 0 Å². The molecule has 0 N–H and O–H groups in total. The quantitative estimate of drug-likeness (QED) is 0.858. The molecule has 0 spiro atoms. The highest BCUT2D eigenvalue weighted by atomic mass is 16.2. The highest BCUT2D eigenvalue weighted by Gasteiger charge is 2.33. The molecule has 1 amide bonds. The minimum absolute atomic E-state index is 0.122. The van der Waals surface area contributed by atoms with E-state index in [0.717, 1.165) is 26.2 Å². The zero-order chi connectivity index (χ0) is 17.8. The first-order chi connectivity index (χ1) is 12.1. The molecule has 1 heterocycles. The highest BCUT2D eigenvalue weighted by Crippen LogP contribution is 2.24. The van der Waals surface area contributed by atoms with Gasteiger partial charge in [0.1, 0.15) is 6.04 Å². The van der Waals surface area contributed by atoms with E-state index >= 15 is 0 Å². The lowest BCUT2D eigenvalue weighted by molar-refractivity contribution is -0.134. The lowest BCUT2D eigenvalue weighted by Gasteiger charge is -2.42. The fraction of sp³-hybridized carbons (Fsp3) is 0.381. The SMILES string of the molecule is Cc1ccccc1N1CCN(Cc2ccccc2)C(C(=O)N(C)C)C1. The molecule has 4 nitrogen and oxygen atoms in total. The third kappa shape index (κ3) is 4.02. The first-order valence-electron chi connectivity index (χ1n) is 8.86. The summed E-state index contributed by atoms with van der Waals surface area (Å²) in [6.45, 7) is 5.50. The summed E-state index contributed by atoms with van der Waals surface area (Å²) in [6, 6.07) is 18.7. The summed E-state index contributed by atoms with van der Waals surface area (Å²) >= 11 is 0. The lowest BCUT2D eigenvalue weighted by atomic mass is 10.1. The molecule has 0 aromatic heterocycles. The first-order valence-corrected chi connectivity index (χ1v) is 8.86. The molecule has 0 radical (unpaired) electrons. The maximum Gasteiger partial charge on any atom is 0.241 e. The van der Waals surface area contributed by atoms with E-state index in [-0.39, 0.29) is 11.9 Å². The van der Waals surface area contributed by atoms with Gasteiger partial charge in [-0.2, -0.15) is 0 Å². The van der Waals surface area contributed by atoms with Gasteiger partial charge in [0, 0.05) is 46.0 Å². The molecular formula is C21H27N3O. The summed E-state index contributed by atoms with van der Waals surface area (Å²) in [5, 5.41) is 0. The average molecular weight is 337 g/mol. The molecule has 2 aromatic carbocycles. The van der Waals surface area contributed by atoms with Crippen LogP contribution in [0.4, 0.5) is 5.69 Å². The third-order valence-corrected chi connectivity index (χ3v) is 4.90. The van der Waals surface area contributed by atoms with Gasteiger partial charge in [0.25, 0.3) is 0 Å². The van der Waals surface area contributed by atoms with Gasteiger partial charge in [-0.25, -0.2) is 0 Å². The highest BCUT2D eigenvalue weighted by molar-refractivity contribution is 5.82. The molecule has 25 heavy (non-hydrogen) atoms. The first kappa shape index (κ1) is 17.5. The van der Waals surface area contributed by atoms with E-state index in [1.807, 2.05) is 20.2 Å². The van der Waals surface area contributed by atoms with Crippen molar-refractivity contribution in [2.24, 2.45) is 0 Å². The van der Waals surface area contributed by atoms with Gasteiger partial charge in [-0.05, 0) is 24.1 Å². The standard InChI is InChI=1S/C21H27N3O/c1-17-9-7-8-12-19(17)24-14-13-23(15-18-10-5-4-6-11-18)20(16-24)21(25)22(2)3/h4-12,20H,13-16H2,1-3H3. The van der Waals surface area contributed by atoms with Gasteiger partial charge in [0.15, 0.2) is 0 Å². The molecule has 1 aliphatic heterocycles. The predicted molar refractivity (Wildman–Crippen MR) is 103 cm³/mol. The number of piperazine rings is 1. The van der Waals surface area contributed by atoms with Crippen molar-refractivity contribution >= 4 is 11.6 Å². The van der Waals surface area contributed by atoms with E-state index in [0.29, 0.717) is 0 Å². The van der Waals surface area contributed by atoms with Crippen LogP contribution in [0.3, 0.4) is 0 Å². The van der Waals surface area contributed by atoms with Crippen LogP contribution >= 0.6 is 0 Å². The second kappa shape index (κ2) is 7.70. The summed E-state index contributed by atoms with van der Waals surface area (Å²) in [4.78, 5) is 19.2. The van der Waals surface area contributed by atoms with Crippen LogP contribution in [-0.4, -0.2) is 55.5 Å². The Bertz CT molecular complexity index is 714. The smallest absolute Gasteiger partial charge is 0.241 e. The van der Waals surface area contributed by atoms with Crippen LogP contribution in [-0.2, 0) is 11.3 Å². The number of nitrogens with zero attached hydrogens (tertiary/aromatic N) is 3. The van der Waals surface area contributed by atoms with Crippen LogP contribution in [0, 0.1) is 6.92 Å². The maximum absolute atomic E-state index is 12.8. The number of carbonyl (C=O) groups is 1. The number of anilines is 1. The van der Waals surface area contributed by atoms with E-state index < -0.39 is 0 Å². The summed E-state index contributed by atoms with van der Waals surface area (Å²) in [6.07, 6.45) is 0. The Hall–Kier alpha value is -2.33. The number of amides is 1. The van der Waals surface area contributed by atoms with Gasteiger partial charge in [0.2, 0.25) is 5.91 Å². The van der Waals surface area contributed by atoms with Crippen LogP contribution in [0.2, 0.25) is 0 Å². The largest absolute Gasteiger partial charge is 0.368 e. The number of aryl methyl sites for hydroxylation is 1. The minimum atomic E-state index is -0.122. The molecule has 0 bridgehead atoms. The number of hydrogen-bond donors (Lipinski definition) is 0. The summed E-state index contributed by atoms with van der Waals surface area (Å²) in [5.41, 5.74) is 3.75. The number of rotatable bonds is 4. The van der Waals surface area contributed by atoms with Crippen molar-refractivity contribution in [3.63, 3.8) is 0 Å². The Morgan fingerprint density at radius 3 is 2.40 bits per heavy atom. The number of carbonyl (C=O) groups excluding carboxylic acids is 1. The molecule has 1 aliphatic rings. The maximum atomic E-state index is 12.8. The Balaban J connectivity index is 1.81. The van der Waals surface area contributed by atoms with Crippen LogP contribution < -0.4 is 4.90 Å². The monoisotopic (exact) mass is 337 g/mol. The second-order valence-corrected chi connectivity index (χ2v) is 6.94. The van der Waals surface area contributed by atoms with Crippen LogP contribution in [0.15, 0.2) is 54.6 Å². The normalized spacial score (nSPS) is 18.2. The zero-order valence-corrected chi connectivity index (χ0v) is 15.4. The molecule has 1 saturated heterocycles. The van der Waals surface area contributed by atoms with Gasteiger partial charge in [0.05, 0.1) is 0 Å². The summed E-state index contributed by atoms with van der Waals surface area (Å²) in [5.74, 6) is 0.175. The van der Waals surface area contributed by atoms with E-state index in [4.69, 9.17) is 0 Å². The van der Waals surface area contributed by atoms with E-state index in [1.165, 1.54) is 16.8 Å². The second-order valence-electron chi connectivity index (χ2n) is 6.94. The average Bonchev–Trinajstić information content (AvgIpc) is 2.63. The molecule has 0 aliphatic carbocycles. The third-order valence-electron chi connectivity index (χ3n) is 4.90. The van der Waals surface area contributed by atoms with Crippen LogP contribution in [0.5, 0.6) is 0 Å². The molecule has 3 rings (SSSR count). The Morgan fingerprint density at radius 1 is 1.04 bits per heavy atom. The van der Waals surface area contributed by atoms with Gasteiger partial charge in [-0.1, -0.05) is 48.5 Å². The molecule has 132 valence electrons. The van der Waals surface area contributed by atoms with Crippen molar-refractivity contribution in [3.8, 4) is 0 Å². The number of hydrogen-bond acceptors (Lipinski definition) is 3. The minimum Gasteiger partial charge on any atom is -0.368 e. The van der Waals surface area contributed by atoms with Crippen molar-refractivity contribution in [2.75, 3.05) is 38.6 Å². The number of likely N-dealkylation sites (N-methyl/N-ethyl adjacent to an activating group) is 1. The molecule has 1 unspecified atom stereocenters. The van der Waals surface area contributed by atoms with Gasteiger partial charge < -0.3 is 9.80 Å². The molecule has 2 aromatic rings. The molecule has 1 fully saturated rings. The molecule has 4 heteroatoms. The van der Waals surface area contributed by atoms with Crippen molar-refractivity contribution < 1.29 is 4.79 Å². The Kier molecular flexibility index (Phi) is 5.39. The topological polar surface area (TPSA) is 26.8 Å². The van der Waals surface area contributed by atoms with Crippen molar-refractivity contribution in [1.82, 2.24) is 9.80 Å². The summed E-state index contributed by atoms with van der Waals surface area (Å²) in [7, 11) is 3.69. The van der Waals surface area contributed by atoms with Gasteiger partial charge in [-0.3, -0.25) is 9.69 Å². The van der Waals surface area contributed by atoms with Crippen molar-refractivity contribution in [2.45, 2.75) is 19.5 Å². The lowest BCUT2D eigenvalue weighted by Crippen LogP contribution is -2.58. The number of para-hydroxylation sites is 1. The zero-order valence-electron chi connectivity index (χ0n) is 15.4. The van der Waals surface area contributed by atoms with Gasteiger partial charge >= 0.3 is 0 Å². The molecular weight excluding hydrogens is 310 g/mol. The fourth-order valence-electron chi connectivity index (χ4n) is 3.50. The Morgan fingerprint density at radius 2 is 1.72 bits per heavy atom. The number of benzene rings is 2. The molecule has 1 atom stereocenters. The van der Waals surface area contributed by atoms with Crippen molar-refractivity contribution in [1.29, 1.82) is 0 Å². The van der Waals surface area contributed by atoms with E-state index in [9.17, 15) is 4.79 Å². The van der Waals surface area contributed by atoms with Crippen LogP contribution in [0.1, 0.15) is 11.1 Å². The van der Waals surface area contributed by atoms with Crippen molar-refractivity contribution in [3.05, 3.63) is 65.7 Å². The van der Waals surface area contributed by atoms with E-state index in [2.05, 4.69) is 65.3 Å². The predicted octanol–water partition coefficient (Wildman–Crippen LogP) is 2.77. The summed E-state index contributed by atoms with van der Waals surface area (Å²) < 4.78 is 0. The Labute approximate surface area is 150 Å². The van der Waals surface area contributed by atoms with E-state index in [1.54, 1.807) is 4.90 Å². The molecule has 0 saturated carbocycles. The van der Waals surface area contributed by atoms with Crippen LogP contribution in [0.25, 0.3) is 0 Å². The fourth-order valence-corrected chi connectivity index (χ4v) is 3.50.